The second-order valence-electron chi connectivity index (χ2n) is 3.93. The Hall–Kier alpha value is -0.900. The zero-order chi connectivity index (χ0) is 11.9. The molecule has 0 rings (SSSR count). The second kappa shape index (κ2) is 6.56. The summed E-state index contributed by atoms with van der Waals surface area (Å²) in [5.74, 6) is -0.394. The van der Waals surface area contributed by atoms with Crippen molar-refractivity contribution in [2.75, 3.05) is 13.7 Å². The number of esters is 1. The van der Waals surface area contributed by atoms with E-state index in [9.17, 15) is 9.18 Å². The smallest absolute Gasteiger partial charge is 0.330 e. The summed E-state index contributed by atoms with van der Waals surface area (Å²) in [5, 5.41) is 2.92. The maximum atomic E-state index is 13.3. The lowest BCUT2D eigenvalue weighted by atomic mass is 10.0. The van der Waals surface area contributed by atoms with Gasteiger partial charge in [-0.15, -0.1) is 0 Å². The Morgan fingerprint density at radius 2 is 2.20 bits per heavy atom. The maximum Gasteiger partial charge on any atom is 0.330 e. The number of hydrogen-bond donors (Lipinski definition) is 1. The molecule has 3 nitrogen and oxygen atoms in total. The van der Waals surface area contributed by atoms with E-state index < -0.39 is 11.6 Å². The SMILES string of the molecule is CCOC(=O)/C=C/C(CC(C)(C)F)NC. The standard InChI is InChI=1S/C11H20FNO2/c1-5-15-10(14)7-6-9(13-4)8-11(2,3)12/h6-7,9,13H,5,8H2,1-4H3/b7-6+. The summed E-state index contributed by atoms with van der Waals surface area (Å²) in [6, 6.07) is -0.158. The topological polar surface area (TPSA) is 38.3 Å². The van der Waals surface area contributed by atoms with Crippen molar-refractivity contribution in [3.63, 3.8) is 0 Å². The Morgan fingerprint density at radius 1 is 1.60 bits per heavy atom. The first-order valence-electron chi connectivity index (χ1n) is 5.10. The molecule has 0 saturated heterocycles. The molecule has 0 aromatic heterocycles. The Balaban J connectivity index is 4.15. The van der Waals surface area contributed by atoms with Crippen LogP contribution in [0.5, 0.6) is 0 Å². The van der Waals surface area contributed by atoms with E-state index in [-0.39, 0.29) is 6.04 Å². The third-order valence-corrected chi connectivity index (χ3v) is 1.83. The summed E-state index contributed by atoms with van der Waals surface area (Å²) in [6.45, 7) is 5.11. The summed E-state index contributed by atoms with van der Waals surface area (Å²) < 4.78 is 18.0. The van der Waals surface area contributed by atoms with E-state index in [4.69, 9.17) is 4.74 Å². The Kier molecular flexibility index (Phi) is 6.17. The molecule has 15 heavy (non-hydrogen) atoms. The number of ether oxygens (including phenoxy) is 1. The van der Waals surface area contributed by atoms with Crippen LogP contribution in [0.15, 0.2) is 12.2 Å². The van der Waals surface area contributed by atoms with E-state index in [1.807, 2.05) is 0 Å². The van der Waals surface area contributed by atoms with Gasteiger partial charge in [0.2, 0.25) is 0 Å². The largest absolute Gasteiger partial charge is 0.463 e. The minimum atomic E-state index is -1.26. The predicted molar refractivity (Wildman–Crippen MR) is 58.4 cm³/mol. The third-order valence-electron chi connectivity index (χ3n) is 1.83. The van der Waals surface area contributed by atoms with Gasteiger partial charge in [-0.2, -0.15) is 0 Å². The van der Waals surface area contributed by atoms with Crippen molar-refractivity contribution in [1.29, 1.82) is 0 Å². The van der Waals surface area contributed by atoms with Crippen molar-refractivity contribution in [3.8, 4) is 0 Å². The van der Waals surface area contributed by atoms with Gasteiger partial charge in [-0.25, -0.2) is 9.18 Å². The number of alkyl halides is 1. The molecule has 0 spiro atoms. The van der Waals surface area contributed by atoms with Gasteiger partial charge in [0.1, 0.15) is 5.67 Å². The summed E-state index contributed by atoms with van der Waals surface area (Å²) in [4.78, 5) is 11.0. The van der Waals surface area contributed by atoms with E-state index in [1.54, 1.807) is 20.0 Å². The normalized spacial score (nSPS) is 14.2. The molecule has 0 radical (unpaired) electrons. The van der Waals surface area contributed by atoms with Gasteiger partial charge in [0, 0.05) is 12.1 Å². The highest BCUT2D eigenvalue weighted by atomic mass is 19.1. The first kappa shape index (κ1) is 14.1. The molecule has 1 unspecified atom stereocenters. The maximum absolute atomic E-state index is 13.3. The molecule has 0 saturated carbocycles. The van der Waals surface area contributed by atoms with Crippen LogP contribution >= 0.6 is 0 Å². The molecule has 0 fully saturated rings. The second-order valence-corrected chi connectivity index (χ2v) is 3.93. The van der Waals surface area contributed by atoms with Gasteiger partial charge in [-0.05, 0) is 34.2 Å². The zero-order valence-corrected chi connectivity index (χ0v) is 9.84. The number of carbonyl (C=O) groups excluding carboxylic acids is 1. The highest BCUT2D eigenvalue weighted by Crippen LogP contribution is 2.16. The average Bonchev–Trinajstić information content (AvgIpc) is 2.11. The van der Waals surface area contributed by atoms with Gasteiger partial charge < -0.3 is 10.1 Å². The lowest BCUT2D eigenvalue weighted by Crippen LogP contribution is -2.30. The first-order valence-corrected chi connectivity index (χ1v) is 5.10. The molecular formula is C11H20FNO2. The fraction of sp³-hybridized carbons (Fsp3) is 0.727. The molecule has 1 atom stereocenters. The lowest BCUT2D eigenvalue weighted by molar-refractivity contribution is -0.137. The quantitative estimate of drug-likeness (QED) is 0.545. The molecule has 0 aromatic carbocycles. The van der Waals surface area contributed by atoms with Crippen LogP contribution < -0.4 is 5.32 Å². The molecule has 0 aliphatic carbocycles. The van der Waals surface area contributed by atoms with E-state index in [0.717, 1.165) is 0 Å². The van der Waals surface area contributed by atoms with Crippen molar-refractivity contribution in [3.05, 3.63) is 12.2 Å². The fourth-order valence-electron chi connectivity index (χ4n) is 1.17. The number of carbonyl (C=O) groups is 1. The molecule has 0 aromatic rings. The molecule has 4 heteroatoms. The van der Waals surface area contributed by atoms with Crippen LogP contribution in [0.2, 0.25) is 0 Å². The number of hydrogen-bond acceptors (Lipinski definition) is 3. The van der Waals surface area contributed by atoms with Crippen molar-refractivity contribution in [1.82, 2.24) is 5.32 Å². The summed E-state index contributed by atoms with van der Waals surface area (Å²) in [5.41, 5.74) is -1.26. The lowest BCUT2D eigenvalue weighted by Gasteiger charge is -2.19. The highest BCUT2D eigenvalue weighted by molar-refractivity contribution is 5.81. The number of nitrogens with one attached hydrogen (secondary N) is 1. The van der Waals surface area contributed by atoms with Crippen molar-refractivity contribution in [2.45, 2.75) is 38.9 Å². The molecule has 1 N–H and O–H groups in total. The molecule has 0 aliphatic rings. The summed E-state index contributed by atoms with van der Waals surface area (Å²) in [7, 11) is 1.73. The molecular weight excluding hydrogens is 197 g/mol. The van der Waals surface area contributed by atoms with Crippen LogP contribution in [0.4, 0.5) is 4.39 Å². The Morgan fingerprint density at radius 3 is 2.60 bits per heavy atom. The van der Waals surface area contributed by atoms with Gasteiger partial charge in [0.15, 0.2) is 0 Å². The Bertz CT molecular complexity index is 221. The van der Waals surface area contributed by atoms with Gasteiger partial charge in [0.25, 0.3) is 0 Å². The zero-order valence-electron chi connectivity index (χ0n) is 9.84. The Labute approximate surface area is 90.7 Å². The highest BCUT2D eigenvalue weighted by Gasteiger charge is 2.19. The van der Waals surface area contributed by atoms with Crippen LogP contribution in [-0.4, -0.2) is 31.3 Å². The van der Waals surface area contributed by atoms with Crippen molar-refractivity contribution in [2.24, 2.45) is 0 Å². The van der Waals surface area contributed by atoms with Crippen molar-refractivity contribution < 1.29 is 13.9 Å². The van der Waals surface area contributed by atoms with Gasteiger partial charge in [-0.3, -0.25) is 0 Å². The van der Waals surface area contributed by atoms with Crippen molar-refractivity contribution >= 4 is 5.97 Å². The number of likely N-dealkylation sites (N-methyl/N-ethyl adjacent to an activating group) is 1. The summed E-state index contributed by atoms with van der Waals surface area (Å²) in [6.07, 6.45) is 3.27. The molecule has 88 valence electrons. The summed E-state index contributed by atoms with van der Waals surface area (Å²) >= 11 is 0. The molecule has 0 bridgehead atoms. The van der Waals surface area contributed by atoms with Gasteiger partial charge >= 0.3 is 5.97 Å². The fourth-order valence-corrected chi connectivity index (χ4v) is 1.17. The van der Waals surface area contributed by atoms with Crippen LogP contribution in [0.3, 0.4) is 0 Å². The monoisotopic (exact) mass is 217 g/mol. The molecule has 0 heterocycles. The number of halogens is 1. The first-order chi connectivity index (χ1) is 6.89. The van der Waals surface area contributed by atoms with Crippen LogP contribution in [0.1, 0.15) is 27.2 Å². The van der Waals surface area contributed by atoms with Crippen LogP contribution in [-0.2, 0) is 9.53 Å². The van der Waals surface area contributed by atoms with E-state index in [2.05, 4.69) is 5.32 Å². The van der Waals surface area contributed by atoms with E-state index in [1.165, 1.54) is 19.9 Å². The molecule has 0 aliphatic heterocycles. The third kappa shape index (κ3) is 8.12. The number of rotatable bonds is 6. The van der Waals surface area contributed by atoms with E-state index >= 15 is 0 Å². The van der Waals surface area contributed by atoms with Crippen LogP contribution in [0.25, 0.3) is 0 Å². The minimum absolute atomic E-state index is 0.158. The average molecular weight is 217 g/mol. The minimum Gasteiger partial charge on any atom is -0.463 e. The van der Waals surface area contributed by atoms with Gasteiger partial charge in [0.05, 0.1) is 6.61 Å². The van der Waals surface area contributed by atoms with Gasteiger partial charge in [-0.1, -0.05) is 6.08 Å². The molecule has 0 amide bonds. The van der Waals surface area contributed by atoms with E-state index in [0.29, 0.717) is 13.0 Å². The van der Waals surface area contributed by atoms with Crippen LogP contribution in [0, 0.1) is 0 Å². The predicted octanol–water partition coefficient (Wildman–Crippen LogP) is 1.83.